The van der Waals surface area contributed by atoms with Crippen LogP contribution in [0.25, 0.3) is 0 Å². The number of hydrogen-bond donors (Lipinski definition) is 3. The lowest BCUT2D eigenvalue weighted by Crippen LogP contribution is -2.28. The summed E-state index contributed by atoms with van der Waals surface area (Å²) in [4.78, 5) is 11.9. The van der Waals surface area contributed by atoms with E-state index in [0.717, 1.165) is 31.4 Å². The van der Waals surface area contributed by atoms with Crippen LogP contribution in [0.15, 0.2) is 18.2 Å². The van der Waals surface area contributed by atoms with E-state index in [1.807, 2.05) is 6.07 Å². The number of anilines is 1. The van der Waals surface area contributed by atoms with Crippen LogP contribution in [0.4, 0.5) is 10.5 Å². The van der Waals surface area contributed by atoms with Crippen LogP contribution in [0.2, 0.25) is 0 Å². The summed E-state index contributed by atoms with van der Waals surface area (Å²) in [5.41, 5.74) is 0.794. The topological polar surface area (TPSA) is 70.6 Å². The van der Waals surface area contributed by atoms with E-state index in [1.54, 1.807) is 32.9 Å². The molecular formula is C16H24N2O3. The number of rotatable bonds is 3. The number of nitrogens with one attached hydrogen (secondary N) is 2. The SMILES string of the molecule is CC(C)(C)OC(=O)Nc1c(O)cccc1CC1CCCN1. The molecule has 1 unspecified atom stereocenters. The Morgan fingerprint density at radius 1 is 1.48 bits per heavy atom. The standard InChI is InChI=1S/C16H24N2O3/c1-16(2,3)21-15(20)18-14-11(6-4-8-13(14)19)10-12-7-5-9-17-12/h4,6,8,12,17,19H,5,7,9-10H2,1-3H3,(H,18,20). The van der Waals surface area contributed by atoms with E-state index in [1.165, 1.54) is 0 Å². The molecule has 0 bridgehead atoms. The second-order valence-corrected chi connectivity index (χ2v) is 6.44. The van der Waals surface area contributed by atoms with Gasteiger partial charge in [-0.25, -0.2) is 4.79 Å². The first-order valence-electron chi connectivity index (χ1n) is 7.39. The molecule has 1 saturated heterocycles. The highest BCUT2D eigenvalue weighted by atomic mass is 16.6. The van der Waals surface area contributed by atoms with Crippen LogP contribution in [0.5, 0.6) is 5.75 Å². The van der Waals surface area contributed by atoms with E-state index in [2.05, 4.69) is 10.6 Å². The molecule has 0 aliphatic carbocycles. The van der Waals surface area contributed by atoms with Crippen molar-refractivity contribution in [3.05, 3.63) is 23.8 Å². The highest BCUT2D eigenvalue weighted by molar-refractivity contribution is 5.88. The van der Waals surface area contributed by atoms with Crippen molar-refractivity contribution in [2.45, 2.75) is 51.7 Å². The molecule has 116 valence electrons. The van der Waals surface area contributed by atoms with Crippen molar-refractivity contribution >= 4 is 11.8 Å². The highest BCUT2D eigenvalue weighted by Gasteiger charge is 2.21. The molecule has 2 rings (SSSR count). The van der Waals surface area contributed by atoms with Crippen LogP contribution in [0.3, 0.4) is 0 Å². The lowest BCUT2D eigenvalue weighted by Gasteiger charge is -2.21. The van der Waals surface area contributed by atoms with Gasteiger partial charge in [-0.2, -0.15) is 0 Å². The van der Waals surface area contributed by atoms with Gasteiger partial charge in [-0.05, 0) is 58.2 Å². The van der Waals surface area contributed by atoms with Crippen molar-refractivity contribution in [2.24, 2.45) is 0 Å². The molecule has 1 amide bonds. The molecule has 5 nitrogen and oxygen atoms in total. The summed E-state index contributed by atoms with van der Waals surface area (Å²) in [6.07, 6.45) is 2.50. The predicted octanol–water partition coefficient (Wildman–Crippen LogP) is 3.03. The summed E-state index contributed by atoms with van der Waals surface area (Å²) in [7, 11) is 0. The Morgan fingerprint density at radius 3 is 2.86 bits per heavy atom. The third-order valence-electron chi connectivity index (χ3n) is 3.38. The van der Waals surface area contributed by atoms with E-state index >= 15 is 0 Å². The number of ether oxygens (including phenoxy) is 1. The number of benzene rings is 1. The van der Waals surface area contributed by atoms with Crippen LogP contribution >= 0.6 is 0 Å². The Bertz CT molecular complexity index is 503. The third kappa shape index (κ3) is 4.63. The summed E-state index contributed by atoms with van der Waals surface area (Å²) in [6, 6.07) is 5.68. The summed E-state index contributed by atoms with van der Waals surface area (Å²) in [5, 5.41) is 16.1. The predicted molar refractivity (Wildman–Crippen MR) is 82.7 cm³/mol. The lowest BCUT2D eigenvalue weighted by molar-refractivity contribution is 0.0635. The van der Waals surface area contributed by atoms with E-state index in [9.17, 15) is 9.90 Å². The number of carbonyl (C=O) groups excluding carboxylic acids is 1. The number of amides is 1. The summed E-state index contributed by atoms with van der Waals surface area (Å²) < 4.78 is 5.24. The summed E-state index contributed by atoms with van der Waals surface area (Å²) in [6.45, 7) is 6.45. The van der Waals surface area contributed by atoms with Gasteiger partial charge in [-0.1, -0.05) is 12.1 Å². The van der Waals surface area contributed by atoms with E-state index in [0.29, 0.717) is 11.7 Å². The van der Waals surface area contributed by atoms with Crippen molar-refractivity contribution in [1.82, 2.24) is 5.32 Å². The zero-order chi connectivity index (χ0) is 15.5. The summed E-state index contributed by atoms with van der Waals surface area (Å²) >= 11 is 0. The molecule has 0 aromatic heterocycles. The molecule has 5 heteroatoms. The average Bonchev–Trinajstić information content (AvgIpc) is 2.84. The first-order chi connectivity index (χ1) is 9.85. The minimum atomic E-state index is -0.568. The number of para-hydroxylation sites is 1. The molecule has 21 heavy (non-hydrogen) atoms. The minimum Gasteiger partial charge on any atom is -0.506 e. The molecule has 1 aliphatic rings. The van der Waals surface area contributed by atoms with Crippen LogP contribution in [0.1, 0.15) is 39.2 Å². The maximum absolute atomic E-state index is 11.9. The van der Waals surface area contributed by atoms with Crippen LogP contribution in [0, 0.1) is 0 Å². The molecular weight excluding hydrogens is 268 g/mol. The van der Waals surface area contributed by atoms with Gasteiger partial charge in [0.1, 0.15) is 11.4 Å². The second kappa shape index (κ2) is 6.35. The number of phenolic OH excluding ortho intramolecular Hbond substituents is 1. The van der Waals surface area contributed by atoms with Crippen molar-refractivity contribution in [3.8, 4) is 5.75 Å². The zero-order valence-corrected chi connectivity index (χ0v) is 12.9. The van der Waals surface area contributed by atoms with Gasteiger partial charge in [0.05, 0.1) is 5.69 Å². The number of hydrogen-bond acceptors (Lipinski definition) is 4. The average molecular weight is 292 g/mol. The number of phenols is 1. The second-order valence-electron chi connectivity index (χ2n) is 6.44. The summed E-state index contributed by atoms with van der Waals surface area (Å²) in [5.74, 6) is 0.0661. The van der Waals surface area contributed by atoms with Gasteiger partial charge in [0.15, 0.2) is 0 Å². The van der Waals surface area contributed by atoms with Crippen molar-refractivity contribution in [3.63, 3.8) is 0 Å². The maximum atomic E-state index is 11.9. The lowest BCUT2D eigenvalue weighted by atomic mass is 10.0. The first-order valence-corrected chi connectivity index (χ1v) is 7.39. The molecule has 1 heterocycles. The molecule has 0 radical (unpaired) electrons. The third-order valence-corrected chi connectivity index (χ3v) is 3.38. The van der Waals surface area contributed by atoms with Gasteiger partial charge >= 0.3 is 6.09 Å². The molecule has 1 aliphatic heterocycles. The molecule has 0 spiro atoms. The van der Waals surface area contributed by atoms with Crippen LogP contribution < -0.4 is 10.6 Å². The Kier molecular flexibility index (Phi) is 4.73. The number of carbonyl (C=O) groups is 1. The molecule has 3 N–H and O–H groups in total. The Hall–Kier alpha value is -1.75. The quantitative estimate of drug-likeness (QED) is 0.749. The van der Waals surface area contributed by atoms with Gasteiger partial charge in [-0.3, -0.25) is 5.32 Å². The fraction of sp³-hybridized carbons (Fsp3) is 0.562. The van der Waals surface area contributed by atoms with Crippen molar-refractivity contribution in [1.29, 1.82) is 0 Å². The molecule has 1 aromatic carbocycles. The molecule has 0 saturated carbocycles. The highest BCUT2D eigenvalue weighted by Crippen LogP contribution is 2.29. The van der Waals surface area contributed by atoms with Crippen LogP contribution in [-0.4, -0.2) is 29.4 Å². The van der Waals surface area contributed by atoms with Gasteiger partial charge in [0.2, 0.25) is 0 Å². The van der Waals surface area contributed by atoms with E-state index in [4.69, 9.17) is 4.74 Å². The smallest absolute Gasteiger partial charge is 0.412 e. The van der Waals surface area contributed by atoms with Crippen molar-refractivity contribution < 1.29 is 14.6 Å². The Morgan fingerprint density at radius 2 is 2.24 bits per heavy atom. The normalized spacial score (nSPS) is 18.5. The van der Waals surface area contributed by atoms with E-state index < -0.39 is 11.7 Å². The Labute approximate surface area is 125 Å². The molecule has 1 atom stereocenters. The monoisotopic (exact) mass is 292 g/mol. The molecule has 1 aromatic rings. The van der Waals surface area contributed by atoms with Gasteiger partial charge in [0, 0.05) is 6.04 Å². The fourth-order valence-corrected chi connectivity index (χ4v) is 2.50. The molecule has 1 fully saturated rings. The van der Waals surface area contributed by atoms with Crippen LogP contribution in [-0.2, 0) is 11.2 Å². The maximum Gasteiger partial charge on any atom is 0.412 e. The fourth-order valence-electron chi connectivity index (χ4n) is 2.50. The van der Waals surface area contributed by atoms with E-state index in [-0.39, 0.29) is 5.75 Å². The van der Waals surface area contributed by atoms with Crippen molar-refractivity contribution in [2.75, 3.05) is 11.9 Å². The zero-order valence-electron chi connectivity index (χ0n) is 12.9. The van der Waals surface area contributed by atoms with Gasteiger partial charge in [0.25, 0.3) is 0 Å². The number of aromatic hydroxyl groups is 1. The first kappa shape index (κ1) is 15.6. The largest absolute Gasteiger partial charge is 0.506 e. The van der Waals surface area contributed by atoms with Gasteiger partial charge < -0.3 is 15.2 Å². The Balaban J connectivity index is 2.11. The van der Waals surface area contributed by atoms with Gasteiger partial charge in [-0.15, -0.1) is 0 Å². The minimum absolute atomic E-state index is 0.0661.